The molecule has 8 amide bonds. The number of phenolic OH excluding ortho intramolecular Hbond substituents is 1. The molecule has 3 aromatic carbocycles. The minimum atomic E-state index is -1.29. The van der Waals surface area contributed by atoms with E-state index in [0.717, 1.165) is 32.1 Å². The molecule has 5 rings (SSSR count). The summed E-state index contributed by atoms with van der Waals surface area (Å²) >= 11 is 0. The summed E-state index contributed by atoms with van der Waals surface area (Å²) in [4.78, 5) is 138. The third kappa shape index (κ3) is 26.0. The highest BCUT2D eigenvalue weighted by Gasteiger charge is 2.42. The fraction of sp³-hybridized carbons (Fsp3) is 0.580. The van der Waals surface area contributed by atoms with Gasteiger partial charge in [-0.15, -0.1) is 0 Å². The second kappa shape index (κ2) is 39.8. The number of aliphatic hydroxyl groups excluding tert-OH is 1. The summed E-state index contributed by atoms with van der Waals surface area (Å²) in [6, 6.07) is 14.8. The van der Waals surface area contributed by atoms with Crippen molar-refractivity contribution in [2.75, 3.05) is 26.7 Å². The zero-order valence-corrected chi connectivity index (χ0v) is 56.6. The lowest BCUT2D eigenvalue weighted by molar-refractivity contribution is -0.145. The molecule has 96 heavy (non-hydrogen) atoms. The number of rotatable bonds is 37. The van der Waals surface area contributed by atoms with Crippen molar-refractivity contribution in [1.82, 2.24) is 42.1 Å². The van der Waals surface area contributed by atoms with Gasteiger partial charge in [-0.2, -0.15) is 0 Å². The maximum absolute atomic E-state index is 14.9. The molecule has 1 aliphatic heterocycles. The molecular formula is C69H104N14O13. The Labute approximate surface area is 563 Å². The van der Waals surface area contributed by atoms with E-state index in [2.05, 4.69) is 47.2 Å². The smallest absolute Gasteiger partial charge is 0.408 e. The van der Waals surface area contributed by atoms with E-state index in [1.807, 2.05) is 19.9 Å². The number of amides is 8. The van der Waals surface area contributed by atoms with Crippen LogP contribution in [0.25, 0.3) is 0 Å². The molecule has 1 saturated carbocycles. The minimum Gasteiger partial charge on any atom is -0.508 e. The zero-order valence-electron chi connectivity index (χ0n) is 56.6. The minimum absolute atomic E-state index is 0.0144. The first-order valence-electron chi connectivity index (χ1n) is 33.5. The highest BCUT2D eigenvalue weighted by molar-refractivity contribution is 5.97. The summed E-state index contributed by atoms with van der Waals surface area (Å²) in [6.45, 7) is 10.9. The second-order valence-electron chi connectivity index (χ2n) is 26.1. The van der Waals surface area contributed by atoms with Gasteiger partial charge in [-0.25, -0.2) is 9.59 Å². The Hall–Kier alpha value is -9.01. The SMILES string of the molecule is COC(=O)[C@H](Cc1ccc(O)cc1)NC(=O)[C@@H](NC(=O)C(C[C@H](O)[C@H](CC1CCCCC1)NC(=O)[C@@H](NC(=O)[C@H](Cc1ccccc1)NC(=O)[C@@H]1CCCN1C(=O)[C@H](CCCN=C(N)N)NC(=O)[C@H](CCCN=C(N)N)NC(=O)OCc1ccccc1)C(C)C)C(C)C)C(C)C. The summed E-state index contributed by atoms with van der Waals surface area (Å²) in [7, 11) is 1.20. The van der Waals surface area contributed by atoms with Crippen molar-refractivity contribution in [3.05, 3.63) is 102 Å². The average Bonchev–Trinajstić information content (AvgIpc) is 1.61. The van der Waals surface area contributed by atoms with E-state index in [4.69, 9.17) is 32.4 Å². The molecule has 1 aliphatic carbocycles. The average molecular weight is 1340 g/mol. The van der Waals surface area contributed by atoms with Crippen LogP contribution in [0, 0.1) is 29.6 Å². The van der Waals surface area contributed by atoms with E-state index >= 15 is 0 Å². The number of nitrogens with zero attached hydrogens (tertiary/aromatic N) is 3. The van der Waals surface area contributed by atoms with Gasteiger partial charge in [0.25, 0.3) is 0 Å². The van der Waals surface area contributed by atoms with E-state index in [1.54, 1.807) is 94.4 Å². The number of esters is 1. The predicted molar refractivity (Wildman–Crippen MR) is 363 cm³/mol. The van der Waals surface area contributed by atoms with E-state index in [-0.39, 0.29) is 107 Å². The van der Waals surface area contributed by atoms with Gasteiger partial charge in [-0.3, -0.25) is 43.5 Å². The van der Waals surface area contributed by atoms with Crippen LogP contribution < -0.4 is 60.2 Å². The number of carbonyl (C=O) groups excluding carboxylic acids is 9. The van der Waals surface area contributed by atoms with Crippen LogP contribution in [0.3, 0.4) is 0 Å². The van der Waals surface area contributed by atoms with E-state index < -0.39 is 126 Å². The first-order valence-corrected chi connectivity index (χ1v) is 33.5. The number of hydrogen-bond donors (Lipinski definition) is 13. The van der Waals surface area contributed by atoms with E-state index in [0.29, 0.717) is 29.5 Å². The number of ether oxygens (including phenoxy) is 2. The van der Waals surface area contributed by atoms with Crippen LogP contribution in [-0.2, 0) is 67.3 Å². The van der Waals surface area contributed by atoms with Gasteiger partial charge in [0.2, 0.25) is 41.4 Å². The van der Waals surface area contributed by atoms with E-state index in [9.17, 15) is 53.4 Å². The largest absolute Gasteiger partial charge is 0.508 e. The summed E-state index contributed by atoms with van der Waals surface area (Å²) in [5, 5.41) is 42.1. The maximum atomic E-state index is 14.9. The number of nitrogens with two attached hydrogens (primary N) is 4. The van der Waals surface area contributed by atoms with Crippen molar-refractivity contribution in [2.45, 2.75) is 199 Å². The molecule has 0 spiro atoms. The number of nitrogens with one attached hydrogen (secondary N) is 7. The topological polar surface area (TPSA) is 429 Å². The second-order valence-corrected chi connectivity index (χ2v) is 26.1. The third-order valence-electron chi connectivity index (χ3n) is 17.5. The number of guanidine groups is 2. The number of hydrogen-bond acceptors (Lipinski definition) is 15. The van der Waals surface area contributed by atoms with Crippen molar-refractivity contribution in [3.8, 4) is 5.75 Å². The number of methoxy groups -OCH3 is 1. The van der Waals surface area contributed by atoms with Gasteiger partial charge < -0.3 is 84.7 Å². The lowest BCUT2D eigenvalue weighted by Gasteiger charge is -2.34. The van der Waals surface area contributed by atoms with Crippen molar-refractivity contribution in [2.24, 2.45) is 62.5 Å². The normalized spacial score (nSPS) is 16.8. The van der Waals surface area contributed by atoms with Gasteiger partial charge in [0.15, 0.2) is 11.9 Å². The maximum Gasteiger partial charge on any atom is 0.408 e. The van der Waals surface area contributed by atoms with Gasteiger partial charge in [0, 0.05) is 38.4 Å². The van der Waals surface area contributed by atoms with Crippen LogP contribution in [0.5, 0.6) is 5.75 Å². The summed E-state index contributed by atoms with van der Waals surface area (Å²) < 4.78 is 10.4. The van der Waals surface area contributed by atoms with Crippen LogP contribution in [0.2, 0.25) is 0 Å². The van der Waals surface area contributed by atoms with Gasteiger partial charge in [0.1, 0.15) is 54.6 Å². The van der Waals surface area contributed by atoms with Crippen molar-refractivity contribution in [1.29, 1.82) is 0 Å². The highest BCUT2D eigenvalue weighted by atomic mass is 16.5. The standard InChI is InChI=1S/C69H104N14O13/c1-41(2)49(59(86)81-57(42(3)4)64(91)79-54(66(93)95-7)38-46-29-31-48(84)32-30-46)39-56(85)52(36-44-20-11-8-12-21-44)77-63(90)58(43(5)6)82-61(88)53(37-45-22-13-9-14-23-45)78-62(89)55-28-19-35-83(55)65(92)51(27-18-34-75-68(72)73)76-60(87)50(26-17-33-74-67(70)71)80-69(94)96-40-47-24-15-10-16-25-47/h9-10,13-16,22-25,29-32,41-44,49-58,84-85H,8,11-12,17-21,26-28,33-40H2,1-7H3,(H,76,87)(H,77,90)(H,78,89)(H,79,91)(H,80,94)(H,81,86)(H,82,88)(H4,70,71,74)(H4,72,73,75)/t49?,50-,51-,52-,53-,54-,55-,56-,57-,58-/m0/s1. The molecule has 528 valence electrons. The van der Waals surface area contributed by atoms with Gasteiger partial charge >= 0.3 is 12.1 Å². The molecule has 3 aromatic rings. The molecule has 0 bridgehead atoms. The number of aliphatic hydroxyl groups is 1. The molecule has 1 saturated heterocycles. The molecule has 17 N–H and O–H groups in total. The number of phenols is 1. The van der Waals surface area contributed by atoms with Crippen molar-refractivity contribution in [3.63, 3.8) is 0 Å². The number of carbonyl (C=O) groups is 9. The molecule has 27 nitrogen and oxygen atoms in total. The summed E-state index contributed by atoms with van der Waals surface area (Å²) in [5.41, 5.74) is 24.3. The molecule has 10 atom stereocenters. The quantitative estimate of drug-likeness (QED) is 0.0171. The lowest BCUT2D eigenvalue weighted by atomic mass is 9.81. The summed E-state index contributed by atoms with van der Waals surface area (Å²) in [6.07, 6.45) is 3.91. The van der Waals surface area contributed by atoms with Crippen LogP contribution in [-0.4, -0.2) is 162 Å². The number of alkyl carbamates (subject to hydrolysis) is 1. The molecule has 27 heteroatoms. The van der Waals surface area contributed by atoms with Crippen molar-refractivity contribution < 1.29 is 62.8 Å². The van der Waals surface area contributed by atoms with Crippen LogP contribution in [0.1, 0.15) is 142 Å². The lowest BCUT2D eigenvalue weighted by Crippen LogP contribution is -2.60. The Kier molecular flexibility index (Phi) is 32.2. The molecule has 2 fully saturated rings. The fourth-order valence-electron chi connectivity index (χ4n) is 12.1. The Morgan fingerprint density at radius 2 is 1.08 bits per heavy atom. The van der Waals surface area contributed by atoms with Gasteiger partial charge in [-0.1, -0.05) is 146 Å². The molecule has 1 heterocycles. The monoisotopic (exact) mass is 1340 g/mol. The Balaban J connectivity index is 1.35. The molecule has 1 unspecified atom stereocenters. The van der Waals surface area contributed by atoms with Crippen LogP contribution in [0.15, 0.2) is 94.9 Å². The van der Waals surface area contributed by atoms with Crippen molar-refractivity contribution >= 4 is 65.3 Å². The molecular weight excluding hydrogens is 1230 g/mol. The first kappa shape index (κ1) is 77.7. The van der Waals surface area contributed by atoms with E-state index in [1.165, 1.54) is 24.1 Å². The van der Waals surface area contributed by atoms with Crippen LogP contribution in [0.4, 0.5) is 4.79 Å². The Morgan fingerprint density at radius 3 is 1.65 bits per heavy atom. The van der Waals surface area contributed by atoms with Gasteiger partial charge in [-0.05, 0) is 104 Å². The third-order valence-corrected chi connectivity index (χ3v) is 17.5. The summed E-state index contributed by atoms with van der Waals surface area (Å²) in [5.74, 6) is -7.55. The first-order chi connectivity index (χ1) is 45.7. The number of aliphatic imine (C=N–C) groups is 2. The number of benzene rings is 3. The molecule has 0 aromatic heterocycles. The van der Waals surface area contributed by atoms with Gasteiger partial charge in [0.05, 0.1) is 19.3 Å². The fourth-order valence-corrected chi connectivity index (χ4v) is 12.1. The molecule has 2 aliphatic rings. The zero-order chi connectivity index (χ0) is 70.4. The number of likely N-dealkylation sites (tertiary alicyclic amines) is 1. The number of aromatic hydroxyl groups is 1. The Morgan fingerprint density at radius 1 is 0.562 bits per heavy atom. The predicted octanol–water partition coefficient (Wildman–Crippen LogP) is 2.96. The Bertz CT molecular complexity index is 3050. The van der Waals surface area contributed by atoms with Crippen LogP contribution >= 0.6 is 0 Å². The molecule has 0 radical (unpaired) electrons. The highest BCUT2D eigenvalue weighted by Crippen LogP contribution is 2.31.